The molecular formula is C20H20ClNO. The average molecular weight is 326 g/mol. The number of carbonyl (C=O) groups is 1. The SMILES string of the molecule is O=C(CCCCCl)NC1c2ccccc2C=Cc2ccccc21. The van der Waals surface area contributed by atoms with Gasteiger partial charge in [-0.05, 0) is 35.1 Å². The zero-order valence-electron chi connectivity index (χ0n) is 13.0. The molecule has 2 aromatic carbocycles. The molecule has 0 fully saturated rings. The van der Waals surface area contributed by atoms with E-state index in [0.29, 0.717) is 12.3 Å². The van der Waals surface area contributed by atoms with Gasteiger partial charge in [0.05, 0.1) is 6.04 Å². The zero-order chi connectivity index (χ0) is 16.1. The molecule has 0 unspecified atom stereocenters. The van der Waals surface area contributed by atoms with Crippen LogP contribution in [0, 0.1) is 0 Å². The standard InChI is InChI=1S/C20H20ClNO/c21-14-6-5-11-19(23)22-20-17-9-3-1-7-15(17)12-13-16-8-2-4-10-18(16)20/h1-4,7-10,12-13,20H,5-6,11,14H2,(H,22,23). The Kier molecular flexibility index (Phi) is 5.14. The normalized spacial score (nSPS) is 13.1. The summed E-state index contributed by atoms with van der Waals surface area (Å²) in [4.78, 5) is 12.3. The molecule has 3 heteroatoms. The number of hydrogen-bond acceptors (Lipinski definition) is 1. The highest BCUT2D eigenvalue weighted by atomic mass is 35.5. The number of unbranched alkanes of at least 4 members (excludes halogenated alkanes) is 1. The predicted octanol–water partition coefficient (Wildman–Crippen LogP) is 4.79. The Balaban J connectivity index is 1.91. The molecule has 1 N–H and O–H groups in total. The quantitative estimate of drug-likeness (QED) is 0.621. The van der Waals surface area contributed by atoms with Crippen LogP contribution in [-0.4, -0.2) is 11.8 Å². The first kappa shape index (κ1) is 15.8. The van der Waals surface area contributed by atoms with Gasteiger partial charge in [0.2, 0.25) is 5.91 Å². The molecule has 23 heavy (non-hydrogen) atoms. The lowest BCUT2D eigenvalue weighted by atomic mass is 9.94. The van der Waals surface area contributed by atoms with Crippen molar-refractivity contribution in [2.45, 2.75) is 25.3 Å². The molecule has 0 aliphatic heterocycles. The van der Waals surface area contributed by atoms with E-state index in [9.17, 15) is 4.79 Å². The molecule has 1 aliphatic rings. The summed E-state index contributed by atoms with van der Waals surface area (Å²) in [7, 11) is 0. The van der Waals surface area contributed by atoms with Crippen molar-refractivity contribution in [1.82, 2.24) is 5.32 Å². The molecule has 0 atom stereocenters. The molecule has 3 rings (SSSR count). The number of fused-ring (bicyclic) bond motifs is 2. The van der Waals surface area contributed by atoms with Crippen LogP contribution in [0.3, 0.4) is 0 Å². The van der Waals surface area contributed by atoms with Gasteiger partial charge in [-0.2, -0.15) is 0 Å². The summed E-state index contributed by atoms with van der Waals surface area (Å²) in [5, 5.41) is 3.21. The summed E-state index contributed by atoms with van der Waals surface area (Å²) in [5.74, 6) is 0.679. The lowest BCUT2D eigenvalue weighted by molar-refractivity contribution is -0.121. The van der Waals surface area contributed by atoms with E-state index in [0.717, 1.165) is 35.1 Å². The van der Waals surface area contributed by atoms with Crippen LogP contribution in [0.15, 0.2) is 48.5 Å². The van der Waals surface area contributed by atoms with Gasteiger partial charge in [0.15, 0.2) is 0 Å². The van der Waals surface area contributed by atoms with E-state index >= 15 is 0 Å². The van der Waals surface area contributed by atoms with E-state index in [4.69, 9.17) is 11.6 Å². The number of amides is 1. The summed E-state index contributed by atoms with van der Waals surface area (Å²) in [6.07, 6.45) is 6.45. The van der Waals surface area contributed by atoms with Crippen molar-refractivity contribution in [3.63, 3.8) is 0 Å². The fourth-order valence-corrected chi connectivity index (χ4v) is 3.16. The summed E-state index contributed by atoms with van der Waals surface area (Å²) < 4.78 is 0. The molecule has 2 aromatic rings. The minimum Gasteiger partial charge on any atom is -0.345 e. The molecule has 0 bridgehead atoms. The van der Waals surface area contributed by atoms with E-state index in [1.54, 1.807) is 0 Å². The van der Waals surface area contributed by atoms with Crippen molar-refractivity contribution in [3.8, 4) is 0 Å². The third kappa shape index (κ3) is 3.65. The van der Waals surface area contributed by atoms with E-state index in [2.05, 4.69) is 41.7 Å². The first-order chi connectivity index (χ1) is 11.3. The van der Waals surface area contributed by atoms with Gasteiger partial charge in [-0.25, -0.2) is 0 Å². The van der Waals surface area contributed by atoms with E-state index in [1.165, 1.54) is 0 Å². The highest BCUT2D eigenvalue weighted by Crippen LogP contribution is 2.32. The van der Waals surface area contributed by atoms with Gasteiger partial charge in [0.25, 0.3) is 0 Å². The van der Waals surface area contributed by atoms with E-state index < -0.39 is 0 Å². The lowest BCUT2D eigenvalue weighted by Crippen LogP contribution is -2.29. The third-order valence-electron chi connectivity index (χ3n) is 4.15. The lowest BCUT2D eigenvalue weighted by Gasteiger charge is -2.22. The van der Waals surface area contributed by atoms with Gasteiger partial charge in [0.1, 0.15) is 0 Å². The fourth-order valence-electron chi connectivity index (χ4n) is 2.97. The summed E-state index contributed by atoms with van der Waals surface area (Å²) in [6.45, 7) is 0. The Bertz CT molecular complexity index is 674. The number of benzene rings is 2. The first-order valence-corrected chi connectivity index (χ1v) is 8.54. The largest absolute Gasteiger partial charge is 0.345 e. The van der Waals surface area contributed by atoms with E-state index in [1.807, 2.05) is 24.3 Å². The second-order valence-electron chi connectivity index (χ2n) is 5.74. The van der Waals surface area contributed by atoms with Gasteiger partial charge >= 0.3 is 0 Å². The minimum absolute atomic E-state index is 0.0756. The van der Waals surface area contributed by atoms with E-state index in [-0.39, 0.29) is 11.9 Å². The van der Waals surface area contributed by atoms with Crippen LogP contribution in [0.4, 0.5) is 0 Å². The number of hydrogen-bond donors (Lipinski definition) is 1. The number of alkyl halides is 1. The van der Waals surface area contributed by atoms with Gasteiger partial charge in [-0.15, -0.1) is 11.6 Å². The Labute approximate surface area is 142 Å². The van der Waals surface area contributed by atoms with Crippen molar-refractivity contribution < 1.29 is 4.79 Å². The van der Waals surface area contributed by atoms with Crippen LogP contribution < -0.4 is 5.32 Å². The second kappa shape index (κ2) is 7.47. The molecule has 1 aliphatic carbocycles. The maximum Gasteiger partial charge on any atom is 0.220 e. The van der Waals surface area contributed by atoms with Crippen LogP contribution in [0.2, 0.25) is 0 Å². The summed E-state index contributed by atoms with van der Waals surface area (Å²) >= 11 is 5.69. The van der Waals surface area contributed by atoms with Crippen LogP contribution in [0.25, 0.3) is 12.2 Å². The van der Waals surface area contributed by atoms with Crippen LogP contribution in [0.1, 0.15) is 47.6 Å². The van der Waals surface area contributed by atoms with Gasteiger partial charge in [-0.1, -0.05) is 60.7 Å². The van der Waals surface area contributed by atoms with Crippen LogP contribution in [-0.2, 0) is 4.79 Å². The van der Waals surface area contributed by atoms with Crippen LogP contribution >= 0.6 is 11.6 Å². The van der Waals surface area contributed by atoms with Gasteiger partial charge in [-0.3, -0.25) is 4.79 Å². The number of carbonyl (C=O) groups excluding carboxylic acids is 1. The Morgan fingerprint density at radius 3 is 2.04 bits per heavy atom. The van der Waals surface area contributed by atoms with Crippen LogP contribution in [0.5, 0.6) is 0 Å². The molecule has 0 saturated heterocycles. The first-order valence-electron chi connectivity index (χ1n) is 8.01. The number of rotatable bonds is 5. The molecule has 0 aromatic heterocycles. The summed E-state index contributed by atoms with van der Waals surface area (Å²) in [5.41, 5.74) is 4.57. The zero-order valence-corrected chi connectivity index (χ0v) is 13.7. The van der Waals surface area contributed by atoms with Crippen molar-refractivity contribution in [2.75, 3.05) is 5.88 Å². The monoisotopic (exact) mass is 325 g/mol. The molecule has 0 heterocycles. The second-order valence-corrected chi connectivity index (χ2v) is 6.12. The van der Waals surface area contributed by atoms with Gasteiger partial charge in [0, 0.05) is 12.3 Å². The van der Waals surface area contributed by atoms with Crippen molar-refractivity contribution in [1.29, 1.82) is 0 Å². The molecule has 0 saturated carbocycles. The maximum absolute atomic E-state index is 12.3. The minimum atomic E-state index is -0.110. The molecule has 0 radical (unpaired) electrons. The highest BCUT2D eigenvalue weighted by molar-refractivity contribution is 6.17. The number of nitrogens with one attached hydrogen (secondary N) is 1. The topological polar surface area (TPSA) is 29.1 Å². The molecule has 2 nitrogen and oxygen atoms in total. The Morgan fingerprint density at radius 1 is 0.913 bits per heavy atom. The van der Waals surface area contributed by atoms with Crippen molar-refractivity contribution >= 4 is 29.7 Å². The average Bonchev–Trinajstić information content (AvgIpc) is 2.73. The van der Waals surface area contributed by atoms with Gasteiger partial charge < -0.3 is 5.32 Å². The maximum atomic E-state index is 12.3. The smallest absolute Gasteiger partial charge is 0.220 e. The Hall–Kier alpha value is -2.06. The Morgan fingerprint density at radius 2 is 1.48 bits per heavy atom. The highest BCUT2D eigenvalue weighted by Gasteiger charge is 2.22. The molecule has 118 valence electrons. The fraction of sp³-hybridized carbons (Fsp3) is 0.250. The van der Waals surface area contributed by atoms with Crippen molar-refractivity contribution in [2.24, 2.45) is 0 Å². The molecule has 0 spiro atoms. The predicted molar refractivity (Wildman–Crippen MR) is 96.4 cm³/mol. The molecular weight excluding hydrogens is 306 g/mol. The summed E-state index contributed by atoms with van der Waals surface area (Å²) in [6, 6.07) is 16.3. The molecule has 1 amide bonds. The van der Waals surface area contributed by atoms with Crippen molar-refractivity contribution in [3.05, 3.63) is 70.8 Å². The number of halogens is 1. The third-order valence-corrected chi connectivity index (χ3v) is 4.42.